The summed E-state index contributed by atoms with van der Waals surface area (Å²) in [5.41, 5.74) is 4.87. The number of halogens is 1. The molecule has 0 atom stereocenters. The fourth-order valence-corrected chi connectivity index (χ4v) is 3.95. The zero-order valence-corrected chi connectivity index (χ0v) is 18.6. The van der Waals surface area contributed by atoms with Crippen molar-refractivity contribution in [2.45, 2.75) is 20.3 Å². The average Bonchev–Trinajstić information content (AvgIpc) is 3.23. The number of hydrogen-bond acceptors (Lipinski definition) is 4. The number of nitrogens with one attached hydrogen (secondary N) is 1. The Morgan fingerprint density at radius 1 is 1.09 bits per heavy atom. The molecule has 1 fully saturated rings. The number of nitrogens with zero attached hydrogens (tertiary/aromatic N) is 3. The first-order valence-corrected chi connectivity index (χ1v) is 11.0. The molecule has 1 aliphatic rings. The van der Waals surface area contributed by atoms with E-state index in [1.54, 1.807) is 22.9 Å². The van der Waals surface area contributed by atoms with Gasteiger partial charge in [-0.3, -0.25) is 9.69 Å². The quantitative estimate of drug-likeness (QED) is 0.573. The van der Waals surface area contributed by atoms with E-state index < -0.39 is 0 Å². The summed E-state index contributed by atoms with van der Waals surface area (Å²) in [4.78, 5) is 15.5. The molecule has 0 unspecified atom stereocenters. The molecular weight excluding hydrogens is 407 g/mol. The highest BCUT2D eigenvalue weighted by Crippen LogP contribution is 2.24. The number of carbonyl (C=O) groups is 1. The van der Waals surface area contributed by atoms with Crippen molar-refractivity contribution in [1.29, 1.82) is 0 Å². The summed E-state index contributed by atoms with van der Waals surface area (Å²) in [6.45, 7) is 8.97. The Balaban J connectivity index is 1.54. The lowest BCUT2D eigenvalue weighted by Gasteiger charge is -2.26. The first-order valence-electron chi connectivity index (χ1n) is 11.0. The standard InChI is InChI=1S/C25H29FN4O2/c1-18-4-9-23(19(2)16-18)30-24(17-22(28-30)20-5-7-21(26)8-6-20)25(31)27-10-3-11-29-12-14-32-15-13-29/h4-9,16-17H,3,10-15H2,1-2H3,(H,27,31). The van der Waals surface area contributed by atoms with E-state index in [2.05, 4.69) is 16.3 Å². The Morgan fingerprint density at radius 2 is 1.84 bits per heavy atom. The molecule has 0 bridgehead atoms. The van der Waals surface area contributed by atoms with Crippen molar-refractivity contribution in [3.63, 3.8) is 0 Å². The average molecular weight is 437 g/mol. The van der Waals surface area contributed by atoms with E-state index in [4.69, 9.17) is 9.84 Å². The lowest BCUT2D eigenvalue weighted by Crippen LogP contribution is -2.38. The van der Waals surface area contributed by atoms with E-state index >= 15 is 0 Å². The third-order valence-electron chi connectivity index (χ3n) is 5.70. The van der Waals surface area contributed by atoms with Crippen molar-refractivity contribution in [2.24, 2.45) is 0 Å². The number of hydrogen-bond donors (Lipinski definition) is 1. The molecular formula is C25H29FN4O2. The molecule has 0 spiro atoms. The summed E-state index contributed by atoms with van der Waals surface area (Å²) in [7, 11) is 0. The summed E-state index contributed by atoms with van der Waals surface area (Å²) in [6.07, 6.45) is 0.869. The highest BCUT2D eigenvalue weighted by molar-refractivity contribution is 5.94. The molecule has 7 heteroatoms. The molecule has 2 aromatic carbocycles. The van der Waals surface area contributed by atoms with Crippen LogP contribution in [0.25, 0.3) is 16.9 Å². The van der Waals surface area contributed by atoms with Gasteiger partial charge in [0.15, 0.2) is 0 Å². The third kappa shape index (κ3) is 5.23. The zero-order chi connectivity index (χ0) is 22.5. The maximum Gasteiger partial charge on any atom is 0.270 e. The van der Waals surface area contributed by atoms with Crippen LogP contribution in [0.2, 0.25) is 0 Å². The molecule has 4 rings (SSSR count). The number of rotatable bonds is 7. The van der Waals surface area contributed by atoms with Gasteiger partial charge in [0, 0.05) is 25.2 Å². The van der Waals surface area contributed by atoms with Gasteiger partial charge >= 0.3 is 0 Å². The van der Waals surface area contributed by atoms with E-state index in [-0.39, 0.29) is 11.7 Å². The van der Waals surface area contributed by atoms with Crippen molar-refractivity contribution in [3.05, 3.63) is 71.2 Å². The van der Waals surface area contributed by atoms with Gasteiger partial charge in [-0.05, 0) is 68.8 Å². The van der Waals surface area contributed by atoms with Gasteiger partial charge in [-0.2, -0.15) is 5.10 Å². The normalized spacial score (nSPS) is 14.5. The van der Waals surface area contributed by atoms with E-state index in [0.29, 0.717) is 17.9 Å². The summed E-state index contributed by atoms with van der Waals surface area (Å²) in [6, 6.07) is 14.0. The van der Waals surface area contributed by atoms with Crippen molar-refractivity contribution in [1.82, 2.24) is 20.0 Å². The topological polar surface area (TPSA) is 59.4 Å². The molecule has 1 amide bonds. The van der Waals surface area contributed by atoms with E-state index in [9.17, 15) is 9.18 Å². The first kappa shape index (κ1) is 22.2. The monoisotopic (exact) mass is 436 g/mol. The number of morpholine rings is 1. The van der Waals surface area contributed by atoms with Crippen LogP contribution in [0.5, 0.6) is 0 Å². The molecule has 2 heterocycles. The predicted molar refractivity (Wildman–Crippen MR) is 123 cm³/mol. The van der Waals surface area contributed by atoms with Crippen LogP contribution >= 0.6 is 0 Å². The Hall–Kier alpha value is -3.03. The molecule has 0 aliphatic carbocycles. The summed E-state index contributed by atoms with van der Waals surface area (Å²) in [5.74, 6) is -0.478. The van der Waals surface area contributed by atoms with Crippen LogP contribution in [-0.4, -0.2) is 60.0 Å². The highest BCUT2D eigenvalue weighted by atomic mass is 19.1. The Labute approximate surface area is 188 Å². The number of amides is 1. The zero-order valence-electron chi connectivity index (χ0n) is 18.6. The second-order valence-electron chi connectivity index (χ2n) is 8.19. The SMILES string of the molecule is Cc1ccc(-n2nc(-c3ccc(F)cc3)cc2C(=O)NCCCN2CCOCC2)c(C)c1. The van der Waals surface area contributed by atoms with Gasteiger partial charge in [0.1, 0.15) is 11.5 Å². The van der Waals surface area contributed by atoms with Crippen LogP contribution < -0.4 is 5.32 Å². The van der Waals surface area contributed by atoms with Gasteiger partial charge in [-0.25, -0.2) is 9.07 Å². The molecule has 6 nitrogen and oxygen atoms in total. The summed E-state index contributed by atoms with van der Waals surface area (Å²) in [5, 5.41) is 7.74. The number of aryl methyl sites for hydroxylation is 2. The second kappa shape index (κ2) is 10.1. The molecule has 1 aliphatic heterocycles. The number of aromatic nitrogens is 2. The molecule has 1 saturated heterocycles. The molecule has 168 valence electrons. The van der Waals surface area contributed by atoms with Gasteiger partial charge in [0.25, 0.3) is 5.91 Å². The second-order valence-corrected chi connectivity index (χ2v) is 8.19. The molecule has 0 radical (unpaired) electrons. The Bertz CT molecular complexity index is 1070. The molecule has 1 aromatic heterocycles. The van der Waals surface area contributed by atoms with Gasteiger partial charge in [0.05, 0.1) is 24.6 Å². The minimum atomic E-state index is -0.305. The lowest BCUT2D eigenvalue weighted by atomic mass is 10.1. The van der Waals surface area contributed by atoms with Crippen molar-refractivity contribution >= 4 is 5.91 Å². The summed E-state index contributed by atoms with van der Waals surface area (Å²) >= 11 is 0. The summed E-state index contributed by atoms with van der Waals surface area (Å²) < 4.78 is 20.4. The molecule has 1 N–H and O–H groups in total. The molecule has 0 saturated carbocycles. The van der Waals surface area contributed by atoms with Crippen molar-refractivity contribution in [3.8, 4) is 16.9 Å². The third-order valence-corrected chi connectivity index (χ3v) is 5.70. The van der Waals surface area contributed by atoms with Crippen molar-refractivity contribution < 1.29 is 13.9 Å². The smallest absolute Gasteiger partial charge is 0.270 e. The van der Waals surface area contributed by atoms with Crippen LogP contribution in [-0.2, 0) is 4.74 Å². The maximum atomic E-state index is 13.4. The fourth-order valence-electron chi connectivity index (χ4n) is 3.95. The van der Waals surface area contributed by atoms with Gasteiger partial charge in [-0.15, -0.1) is 0 Å². The van der Waals surface area contributed by atoms with Crippen LogP contribution in [0.3, 0.4) is 0 Å². The Morgan fingerprint density at radius 3 is 2.56 bits per heavy atom. The van der Waals surface area contributed by atoms with Gasteiger partial charge < -0.3 is 10.1 Å². The number of ether oxygens (including phenoxy) is 1. The van der Waals surface area contributed by atoms with Gasteiger partial charge in [0.2, 0.25) is 0 Å². The maximum absolute atomic E-state index is 13.4. The number of carbonyl (C=O) groups excluding carboxylic acids is 1. The minimum Gasteiger partial charge on any atom is -0.379 e. The van der Waals surface area contributed by atoms with Gasteiger partial charge in [-0.1, -0.05) is 17.7 Å². The van der Waals surface area contributed by atoms with Crippen LogP contribution in [0, 0.1) is 19.7 Å². The van der Waals surface area contributed by atoms with E-state index in [0.717, 1.165) is 61.6 Å². The fraction of sp³-hybridized carbons (Fsp3) is 0.360. The first-order chi connectivity index (χ1) is 15.5. The van der Waals surface area contributed by atoms with Crippen LogP contribution in [0.15, 0.2) is 48.5 Å². The minimum absolute atomic E-state index is 0.173. The van der Waals surface area contributed by atoms with E-state index in [1.807, 2.05) is 26.0 Å². The highest BCUT2D eigenvalue weighted by Gasteiger charge is 2.19. The van der Waals surface area contributed by atoms with Crippen LogP contribution in [0.1, 0.15) is 28.0 Å². The largest absolute Gasteiger partial charge is 0.379 e. The lowest BCUT2D eigenvalue weighted by molar-refractivity contribution is 0.0374. The van der Waals surface area contributed by atoms with E-state index in [1.165, 1.54) is 12.1 Å². The Kier molecular flexibility index (Phi) is 6.97. The number of benzene rings is 2. The molecule has 3 aromatic rings. The van der Waals surface area contributed by atoms with Crippen LogP contribution in [0.4, 0.5) is 4.39 Å². The van der Waals surface area contributed by atoms with Crippen molar-refractivity contribution in [2.75, 3.05) is 39.4 Å². The predicted octanol–water partition coefficient (Wildman–Crippen LogP) is 3.75. The molecule has 32 heavy (non-hydrogen) atoms.